The zero-order valence-electron chi connectivity index (χ0n) is 42.4. The maximum absolute atomic E-state index is 13.1. The van der Waals surface area contributed by atoms with Crippen molar-refractivity contribution in [3.05, 3.63) is 95.3 Å². The number of methoxy groups -OCH3 is 1. The Kier molecular flexibility index (Phi) is 13.5. The smallest absolute Gasteiger partial charge is 0.337 e. The van der Waals surface area contributed by atoms with Crippen LogP contribution in [0.1, 0.15) is 65.2 Å². The van der Waals surface area contributed by atoms with Gasteiger partial charge in [-0.25, -0.2) is 9.78 Å². The monoisotopic (exact) mass is 985 g/mol. The summed E-state index contributed by atoms with van der Waals surface area (Å²) in [5.41, 5.74) is 7.85. The van der Waals surface area contributed by atoms with Crippen LogP contribution >= 0.6 is 0 Å². The molecule has 1 saturated carbocycles. The predicted molar refractivity (Wildman–Crippen MR) is 280 cm³/mol. The number of morpholine rings is 1. The largest absolute Gasteiger partial charge is 0.493 e. The number of ether oxygens (including phenoxy) is 5. The minimum atomic E-state index is -1.22. The molecule has 71 heavy (non-hydrogen) atoms. The van der Waals surface area contributed by atoms with Gasteiger partial charge in [0.25, 0.3) is 0 Å². The van der Waals surface area contributed by atoms with Crippen molar-refractivity contribution in [2.45, 2.75) is 102 Å². The van der Waals surface area contributed by atoms with E-state index >= 15 is 0 Å². The lowest BCUT2D eigenvalue weighted by molar-refractivity contribution is -0.0627. The fraction of sp³-hybridized carbons (Fsp3) is 0.545. The molecule has 11 rings (SSSR count). The molecule has 5 fully saturated rings. The van der Waals surface area contributed by atoms with Crippen LogP contribution in [0, 0.1) is 12.3 Å². The van der Waals surface area contributed by atoms with Gasteiger partial charge in [-0.2, -0.15) is 4.98 Å². The number of hydrogen-bond acceptors (Lipinski definition) is 13. The molecule has 16 heteroatoms. The Balaban J connectivity index is 0.784. The van der Waals surface area contributed by atoms with Crippen molar-refractivity contribution in [1.82, 2.24) is 24.3 Å². The Bertz CT molecular complexity index is 2710. The molecule has 6 aliphatic rings. The van der Waals surface area contributed by atoms with Crippen LogP contribution in [-0.4, -0.2) is 148 Å². The Morgan fingerprint density at radius 1 is 0.915 bits per heavy atom. The molecule has 0 amide bonds. The third-order valence-electron chi connectivity index (χ3n) is 16.4. The second-order valence-corrected chi connectivity index (χ2v) is 27.8. The van der Waals surface area contributed by atoms with Gasteiger partial charge in [-0.3, -0.25) is 9.80 Å². The highest BCUT2D eigenvalue weighted by Gasteiger charge is 2.50. The van der Waals surface area contributed by atoms with Gasteiger partial charge in [-0.1, -0.05) is 43.9 Å². The Labute approximate surface area is 419 Å². The van der Waals surface area contributed by atoms with Gasteiger partial charge < -0.3 is 48.1 Å². The molecule has 3 aromatic heterocycles. The van der Waals surface area contributed by atoms with E-state index in [1.165, 1.54) is 29.5 Å². The number of aryl methyl sites for hydroxylation is 1. The zero-order chi connectivity index (χ0) is 48.9. The molecule has 378 valence electrons. The van der Waals surface area contributed by atoms with E-state index in [-0.39, 0.29) is 17.7 Å². The van der Waals surface area contributed by atoms with E-state index in [4.69, 9.17) is 33.7 Å². The average Bonchev–Trinajstić information content (AvgIpc) is 3.76. The van der Waals surface area contributed by atoms with Gasteiger partial charge in [-0.15, -0.1) is 0 Å². The number of rotatable bonds is 14. The van der Waals surface area contributed by atoms with Crippen LogP contribution in [0.15, 0.2) is 73.1 Å². The number of aromatic carboxylic acids is 1. The summed E-state index contributed by atoms with van der Waals surface area (Å²) < 4.78 is 32.2. The minimum absolute atomic E-state index is 0.106. The molecule has 4 saturated heterocycles. The summed E-state index contributed by atoms with van der Waals surface area (Å²) in [5.74, 6) is 1.28. The molecule has 0 unspecified atom stereocenters. The first kappa shape index (κ1) is 48.1. The number of pyridine rings is 2. The zero-order valence-corrected chi connectivity index (χ0v) is 43.4. The number of aromatic nitrogens is 3. The highest BCUT2D eigenvalue weighted by atomic mass is 28.3. The number of nitrogens with zero attached hydrogens (tertiary/aromatic N) is 8. The Morgan fingerprint density at radius 3 is 2.51 bits per heavy atom. The van der Waals surface area contributed by atoms with E-state index in [0.717, 1.165) is 105 Å². The molecule has 5 aromatic rings. The maximum atomic E-state index is 13.1. The molecule has 5 aliphatic heterocycles. The van der Waals surface area contributed by atoms with E-state index < -0.39 is 14.0 Å². The lowest BCUT2D eigenvalue weighted by Gasteiger charge is -2.58. The topological polar surface area (TPSA) is 130 Å². The SMILES string of the molecule is COc1cc(CN2CCN(C3CC4(CCN(c5ccc(C(=O)O)c(N6c7cc8ccn(COCC[Si](C)(C)C)c8nc7O[C@H]7COCC[C@@H]76)c5)CC4)C3)[C@H](c3ccccc3C)C2)cnc1N1CCOCC1. The number of fused-ring (bicyclic) bond motifs is 3. The highest BCUT2D eigenvalue weighted by Crippen LogP contribution is 2.54. The van der Waals surface area contributed by atoms with Crippen molar-refractivity contribution in [3.8, 4) is 11.6 Å². The van der Waals surface area contributed by atoms with Gasteiger partial charge in [-0.05, 0) is 104 Å². The van der Waals surface area contributed by atoms with Gasteiger partial charge in [0.05, 0.1) is 44.2 Å². The standard InChI is InChI=1S/C55H72N8O7Si/c1-38-8-6-7-9-43(38)48-35-58(34-39-28-49(66-2)52(56-33-39)60-21-24-67-25-22-60)19-20-62(48)42-31-55(32-42)14-17-59(18-15-55)41-10-11-44(54(64)65)46(30-41)63-45-13-23-68-36-50(45)70-53-47(63)29-40-12-16-61(51(40)57-53)37-69-26-27-71(3,4)5/h6-12,16,28-30,33,42,45,48,50H,13-15,17-27,31-32,34-37H2,1-5H3,(H,64,65)/t45-,48-,50-/m0/s1. The number of anilines is 4. The summed E-state index contributed by atoms with van der Waals surface area (Å²) in [4.78, 5) is 35.5. The first-order valence-electron chi connectivity index (χ1n) is 26.1. The fourth-order valence-electron chi connectivity index (χ4n) is 12.3. The number of benzene rings is 2. The molecule has 1 aliphatic carbocycles. The molecular formula is C55H72N8O7Si. The molecule has 0 bridgehead atoms. The van der Waals surface area contributed by atoms with Crippen LogP contribution in [0.25, 0.3) is 11.0 Å². The highest BCUT2D eigenvalue weighted by molar-refractivity contribution is 6.76. The third-order valence-corrected chi connectivity index (χ3v) is 18.1. The van der Waals surface area contributed by atoms with E-state index in [0.29, 0.717) is 75.3 Å². The van der Waals surface area contributed by atoms with Crippen LogP contribution in [0.2, 0.25) is 25.7 Å². The van der Waals surface area contributed by atoms with Crippen LogP contribution in [0.3, 0.4) is 0 Å². The summed E-state index contributed by atoms with van der Waals surface area (Å²) >= 11 is 0. The number of carboxylic acid groups (broad SMARTS) is 1. The van der Waals surface area contributed by atoms with Gasteiger partial charge in [0.15, 0.2) is 11.6 Å². The molecule has 1 spiro atoms. The molecule has 0 radical (unpaired) electrons. The molecular weight excluding hydrogens is 913 g/mol. The summed E-state index contributed by atoms with van der Waals surface area (Å²) in [6, 6.07) is 23.1. The normalized spacial score (nSPS) is 23.1. The lowest BCUT2D eigenvalue weighted by Crippen LogP contribution is -2.59. The summed E-state index contributed by atoms with van der Waals surface area (Å²) in [5, 5.41) is 11.7. The van der Waals surface area contributed by atoms with Crippen molar-refractivity contribution < 1.29 is 33.6 Å². The summed E-state index contributed by atoms with van der Waals surface area (Å²) in [6.45, 7) is 20.2. The van der Waals surface area contributed by atoms with Crippen molar-refractivity contribution in [2.75, 3.05) is 101 Å². The van der Waals surface area contributed by atoms with E-state index in [9.17, 15) is 9.90 Å². The first-order chi connectivity index (χ1) is 34.4. The summed E-state index contributed by atoms with van der Waals surface area (Å²) in [7, 11) is 0.521. The van der Waals surface area contributed by atoms with Crippen LogP contribution in [0.4, 0.5) is 22.9 Å². The van der Waals surface area contributed by atoms with Gasteiger partial charge in [0, 0.05) is 109 Å². The van der Waals surface area contributed by atoms with Crippen LogP contribution < -0.4 is 24.2 Å². The number of carbonyl (C=O) groups is 1. The third kappa shape index (κ3) is 9.87. The fourth-order valence-corrected chi connectivity index (χ4v) is 13.1. The maximum Gasteiger partial charge on any atom is 0.337 e. The Hall–Kier alpha value is -5.23. The van der Waals surface area contributed by atoms with Gasteiger partial charge in [0.2, 0.25) is 5.88 Å². The number of hydrogen-bond donors (Lipinski definition) is 1. The van der Waals surface area contributed by atoms with E-state index in [1.807, 2.05) is 23.0 Å². The quantitative estimate of drug-likeness (QED) is 0.0842. The molecule has 8 heterocycles. The Morgan fingerprint density at radius 2 is 1.73 bits per heavy atom. The number of piperazine rings is 1. The average molecular weight is 985 g/mol. The van der Waals surface area contributed by atoms with Crippen LogP contribution in [0.5, 0.6) is 11.6 Å². The van der Waals surface area contributed by atoms with Gasteiger partial charge >= 0.3 is 5.97 Å². The van der Waals surface area contributed by atoms with E-state index in [2.05, 4.69) is 99.6 Å². The first-order valence-corrected chi connectivity index (χ1v) is 29.8. The van der Waals surface area contributed by atoms with Crippen molar-refractivity contribution in [2.24, 2.45) is 5.41 Å². The van der Waals surface area contributed by atoms with Crippen LogP contribution in [-0.2, 0) is 27.5 Å². The molecule has 3 atom stereocenters. The van der Waals surface area contributed by atoms with Crippen molar-refractivity contribution in [3.63, 3.8) is 0 Å². The second-order valence-electron chi connectivity index (χ2n) is 22.2. The predicted octanol–water partition coefficient (Wildman–Crippen LogP) is 8.59. The van der Waals surface area contributed by atoms with Gasteiger partial charge in [0.1, 0.15) is 24.2 Å². The number of carboxylic acids is 1. The minimum Gasteiger partial charge on any atom is -0.493 e. The van der Waals surface area contributed by atoms with Crippen molar-refractivity contribution >= 4 is 48.0 Å². The molecule has 2 aromatic carbocycles. The molecule has 1 N–H and O–H groups in total. The van der Waals surface area contributed by atoms with Crippen molar-refractivity contribution in [1.29, 1.82) is 0 Å². The lowest BCUT2D eigenvalue weighted by atomic mass is 9.59. The molecule has 15 nitrogen and oxygen atoms in total. The number of piperidine rings is 1. The van der Waals surface area contributed by atoms with E-state index in [1.54, 1.807) is 13.2 Å². The second kappa shape index (κ2) is 20.0. The summed E-state index contributed by atoms with van der Waals surface area (Å²) in [6.07, 6.45) is 9.12.